The van der Waals surface area contributed by atoms with E-state index in [0.29, 0.717) is 32.1 Å². The third-order valence-corrected chi connectivity index (χ3v) is 12.0. The van der Waals surface area contributed by atoms with Crippen LogP contribution in [0.1, 0.15) is 73.1 Å². The second-order valence-corrected chi connectivity index (χ2v) is 16.5. The number of hydrogen-bond acceptors (Lipinski definition) is 7. The highest BCUT2D eigenvalue weighted by molar-refractivity contribution is 5.97. The van der Waals surface area contributed by atoms with Crippen LogP contribution in [-0.2, 0) is 41.6 Å². The van der Waals surface area contributed by atoms with Gasteiger partial charge in [-0.1, -0.05) is 121 Å². The summed E-state index contributed by atoms with van der Waals surface area (Å²) in [4.78, 5) is 83.4. The van der Waals surface area contributed by atoms with Crippen LogP contribution in [-0.4, -0.2) is 94.8 Å². The van der Waals surface area contributed by atoms with E-state index in [0.717, 1.165) is 22.3 Å². The smallest absolute Gasteiger partial charge is 0.305 e. The number of aliphatic carboxylic acids is 1. The molecule has 6 atom stereocenters. The lowest BCUT2D eigenvalue weighted by Gasteiger charge is -2.39. The van der Waals surface area contributed by atoms with Gasteiger partial charge in [0.15, 0.2) is 5.96 Å². The zero-order chi connectivity index (χ0) is 45.4. The maximum absolute atomic E-state index is 14.5. The summed E-state index contributed by atoms with van der Waals surface area (Å²) in [7, 11) is 0. The van der Waals surface area contributed by atoms with E-state index in [9.17, 15) is 33.9 Å². The summed E-state index contributed by atoms with van der Waals surface area (Å²) in [6.45, 7) is 0.373. The fraction of sp³-hybridized carbons (Fsp3) is 0.367. The minimum atomic E-state index is -1.47. The van der Waals surface area contributed by atoms with Gasteiger partial charge in [-0.15, -0.1) is 0 Å². The van der Waals surface area contributed by atoms with Crippen molar-refractivity contribution in [2.45, 2.75) is 93.9 Å². The highest BCUT2D eigenvalue weighted by Gasteiger charge is 2.51. The monoisotopic (exact) mass is 870 g/mol. The van der Waals surface area contributed by atoms with Crippen LogP contribution in [0.4, 0.5) is 0 Å². The van der Waals surface area contributed by atoms with Gasteiger partial charge in [-0.2, -0.15) is 0 Å². The highest BCUT2D eigenvalue weighted by atomic mass is 16.4. The topological polar surface area (TPSA) is 236 Å². The van der Waals surface area contributed by atoms with E-state index in [4.69, 9.17) is 11.1 Å². The summed E-state index contributed by atoms with van der Waals surface area (Å²) >= 11 is 0. The van der Waals surface area contributed by atoms with Crippen molar-refractivity contribution in [2.75, 3.05) is 13.1 Å². The number of benzene rings is 4. The molecule has 15 heteroatoms. The van der Waals surface area contributed by atoms with Gasteiger partial charge in [0.2, 0.25) is 29.5 Å². The molecule has 2 saturated heterocycles. The zero-order valence-electron chi connectivity index (χ0n) is 35.8. The van der Waals surface area contributed by atoms with Crippen molar-refractivity contribution in [1.29, 1.82) is 5.41 Å². The number of hydrogen-bond donors (Lipinski definition) is 8. The number of fused-ring (bicyclic) bond motifs is 1. The second kappa shape index (κ2) is 22.9. The van der Waals surface area contributed by atoms with Crippen molar-refractivity contribution < 1.29 is 33.9 Å². The van der Waals surface area contributed by atoms with Crippen LogP contribution >= 0.6 is 0 Å². The Morgan fingerprint density at radius 3 is 1.91 bits per heavy atom. The summed E-state index contributed by atoms with van der Waals surface area (Å²) in [6, 6.07) is 33.8. The molecule has 2 fully saturated rings. The van der Waals surface area contributed by atoms with Crippen LogP contribution in [0.25, 0.3) is 0 Å². The van der Waals surface area contributed by atoms with Crippen molar-refractivity contribution >= 4 is 41.5 Å². The molecule has 4 aromatic carbocycles. The van der Waals surface area contributed by atoms with Crippen molar-refractivity contribution in [2.24, 2.45) is 11.7 Å². The number of rotatable bonds is 21. The standard InChI is InChI=1S/C49H58N8O7/c50-49(51)53-26-13-22-38(46(62)56-40(31-44(59)60)45(61)52-27-25-37(34-18-9-3-10-19-34)35-20-11-4-12-21-35)55-47(63)42-30-36(28-32-14-5-1-6-15-32)41-24-23-39(48(64)57(41)42)54-43(58)29-33-16-7-2-8-17-33/h1-12,14-21,36-42H,13,22-31H2,(H,52,61)(H,54,58)(H,55,63)(H,56,62)(H,59,60)(H4,50,51,53)/t36?,38?,39?,40-,41?,42-/m0/s1. The number of nitrogens with zero attached hydrogens (tertiary/aromatic N) is 1. The Bertz CT molecular complexity index is 2170. The normalized spacial score (nSPS) is 18.8. The Labute approximate surface area is 373 Å². The lowest BCUT2D eigenvalue weighted by atomic mass is 9.86. The van der Waals surface area contributed by atoms with E-state index in [1.807, 2.05) is 121 Å². The molecule has 0 aliphatic carbocycles. The molecule has 336 valence electrons. The van der Waals surface area contributed by atoms with Crippen LogP contribution in [0.3, 0.4) is 0 Å². The Balaban J connectivity index is 1.17. The van der Waals surface area contributed by atoms with Gasteiger partial charge in [-0.3, -0.25) is 34.2 Å². The van der Waals surface area contributed by atoms with Crippen molar-refractivity contribution in [1.82, 2.24) is 31.5 Å². The summed E-state index contributed by atoms with van der Waals surface area (Å²) < 4.78 is 0. The Hall–Kier alpha value is -7.03. The predicted molar refractivity (Wildman–Crippen MR) is 242 cm³/mol. The number of guanidine groups is 1. The SMILES string of the molecule is N=C(N)NCCCC(NC(=O)[C@@H]1CC(Cc2ccccc2)C2CCC(NC(=O)Cc3ccccc3)C(=O)N21)C(=O)N[C@@H](CC(=O)O)C(=O)NCCC(c1ccccc1)c1ccccc1. The van der Waals surface area contributed by atoms with E-state index in [2.05, 4.69) is 26.6 Å². The Morgan fingerprint density at radius 1 is 0.719 bits per heavy atom. The van der Waals surface area contributed by atoms with E-state index >= 15 is 0 Å². The van der Waals surface area contributed by atoms with Crippen LogP contribution in [0.15, 0.2) is 121 Å². The van der Waals surface area contributed by atoms with Gasteiger partial charge >= 0.3 is 5.97 Å². The van der Waals surface area contributed by atoms with Gasteiger partial charge in [-0.05, 0) is 73.1 Å². The number of carboxylic acid groups (broad SMARTS) is 1. The van der Waals surface area contributed by atoms with E-state index < -0.39 is 54.3 Å². The quantitative estimate of drug-likeness (QED) is 0.0348. The summed E-state index contributed by atoms with van der Waals surface area (Å²) in [5, 5.41) is 31.2. The van der Waals surface area contributed by atoms with Gasteiger partial charge in [0, 0.05) is 25.0 Å². The van der Waals surface area contributed by atoms with Crippen LogP contribution in [0.2, 0.25) is 0 Å². The minimum Gasteiger partial charge on any atom is -0.481 e. The number of piperidine rings is 1. The molecule has 4 aromatic rings. The maximum Gasteiger partial charge on any atom is 0.305 e. The molecule has 0 aromatic heterocycles. The molecule has 2 heterocycles. The van der Waals surface area contributed by atoms with E-state index in [1.165, 1.54) is 0 Å². The molecule has 15 nitrogen and oxygen atoms in total. The number of carbonyl (C=O) groups excluding carboxylic acids is 5. The fourth-order valence-electron chi connectivity index (χ4n) is 8.96. The Morgan fingerprint density at radius 2 is 1.31 bits per heavy atom. The van der Waals surface area contributed by atoms with Crippen molar-refractivity contribution in [3.05, 3.63) is 144 Å². The van der Waals surface area contributed by atoms with E-state index in [-0.39, 0.29) is 68.0 Å². The molecule has 0 saturated carbocycles. The molecule has 0 bridgehead atoms. The van der Waals surface area contributed by atoms with Gasteiger partial charge in [0.25, 0.3) is 0 Å². The maximum atomic E-state index is 14.5. The predicted octanol–water partition coefficient (Wildman–Crippen LogP) is 3.38. The number of nitrogens with one attached hydrogen (secondary N) is 6. The first-order chi connectivity index (χ1) is 31.0. The number of nitrogens with two attached hydrogens (primary N) is 1. The first-order valence-corrected chi connectivity index (χ1v) is 21.9. The van der Waals surface area contributed by atoms with Gasteiger partial charge < -0.3 is 42.3 Å². The highest BCUT2D eigenvalue weighted by Crippen LogP contribution is 2.39. The number of carbonyl (C=O) groups is 6. The average molecular weight is 871 g/mol. The van der Waals surface area contributed by atoms with Gasteiger partial charge in [0.05, 0.1) is 12.8 Å². The Kier molecular flexibility index (Phi) is 16.6. The molecule has 2 aliphatic rings. The summed E-state index contributed by atoms with van der Waals surface area (Å²) in [5.74, 6) is -4.50. The molecule has 64 heavy (non-hydrogen) atoms. The third kappa shape index (κ3) is 13.0. The molecule has 0 radical (unpaired) electrons. The van der Waals surface area contributed by atoms with Crippen LogP contribution < -0.4 is 32.3 Å². The summed E-state index contributed by atoms with van der Waals surface area (Å²) in [6.07, 6.45) is 2.03. The third-order valence-electron chi connectivity index (χ3n) is 12.0. The lowest BCUT2D eigenvalue weighted by molar-refractivity contribution is -0.147. The van der Waals surface area contributed by atoms with Gasteiger partial charge in [-0.25, -0.2) is 0 Å². The lowest BCUT2D eigenvalue weighted by Crippen LogP contribution is -2.61. The number of amides is 5. The van der Waals surface area contributed by atoms with Crippen LogP contribution in [0, 0.1) is 11.3 Å². The van der Waals surface area contributed by atoms with Gasteiger partial charge in [0.1, 0.15) is 24.2 Å². The first-order valence-electron chi connectivity index (χ1n) is 21.9. The molecule has 0 spiro atoms. The largest absolute Gasteiger partial charge is 0.481 e. The van der Waals surface area contributed by atoms with Crippen molar-refractivity contribution in [3.8, 4) is 0 Å². The van der Waals surface area contributed by atoms with Crippen molar-refractivity contribution in [3.63, 3.8) is 0 Å². The molecule has 4 unspecified atom stereocenters. The molecule has 2 aliphatic heterocycles. The van der Waals surface area contributed by atoms with Crippen LogP contribution in [0.5, 0.6) is 0 Å². The molecule has 6 rings (SSSR count). The molecular formula is C49H58N8O7. The first kappa shape index (κ1) is 46.5. The molecular weight excluding hydrogens is 813 g/mol. The number of carboxylic acids is 1. The summed E-state index contributed by atoms with van der Waals surface area (Å²) in [5.41, 5.74) is 9.43. The van der Waals surface area contributed by atoms with E-state index in [1.54, 1.807) is 4.90 Å². The minimum absolute atomic E-state index is 0.0325. The fourth-order valence-corrected chi connectivity index (χ4v) is 8.96. The molecule has 5 amide bonds. The average Bonchev–Trinajstić information content (AvgIpc) is 3.66. The molecule has 9 N–H and O–H groups in total. The second-order valence-electron chi connectivity index (χ2n) is 16.5. The zero-order valence-corrected chi connectivity index (χ0v) is 35.8.